The molecule has 7 nitrogen and oxygen atoms in total. The number of benzene rings is 2. The number of hydrogen-bond donors (Lipinski definition) is 1. The average molecular weight is 485 g/mol. The van der Waals surface area contributed by atoms with E-state index in [1.54, 1.807) is 12.1 Å². The highest BCUT2D eigenvalue weighted by atomic mass is 35.5. The van der Waals surface area contributed by atoms with Gasteiger partial charge in [-0.2, -0.15) is 5.10 Å². The molecule has 9 heteroatoms. The molecule has 3 aromatic rings. The summed E-state index contributed by atoms with van der Waals surface area (Å²) < 4.78 is 21.5. The number of nitrogens with one attached hydrogen (secondary N) is 1. The maximum absolute atomic E-state index is 14.7. The van der Waals surface area contributed by atoms with Crippen LogP contribution in [0.4, 0.5) is 4.39 Å². The van der Waals surface area contributed by atoms with Crippen molar-refractivity contribution in [3.63, 3.8) is 0 Å². The number of carbonyl (C=O) groups is 1. The molecule has 0 radical (unpaired) electrons. The van der Waals surface area contributed by atoms with Crippen molar-refractivity contribution in [2.75, 3.05) is 26.2 Å². The fourth-order valence-electron chi connectivity index (χ4n) is 4.07. The van der Waals surface area contributed by atoms with Crippen molar-refractivity contribution in [3.8, 4) is 5.75 Å². The van der Waals surface area contributed by atoms with E-state index in [1.807, 2.05) is 30.3 Å². The maximum Gasteiger partial charge on any atom is 0.271 e. The molecule has 0 spiro atoms. The van der Waals surface area contributed by atoms with Crippen LogP contribution in [0.3, 0.4) is 0 Å². The second-order valence-corrected chi connectivity index (χ2v) is 8.45. The minimum Gasteiger partial charge on any atom is -0.492 e. The van der Waals surface area contributed by atoms with Crippen LogP contribution in [0.25, 0.3) is 0 Å². The standard InChI is InChI=1S/C25H26ClFN4O3/c26-19-9-6-10-20(27)24(19)22(30-13-4-5-14-30)17-28-25(33)21-11-12-23(32)31(29-21)15-16-34-18-7-2-1-3-8-18/h1-3,6-12,22H,4-5,13-17H2,(H,28,33). The van der Waals surface area contributed by atoms with Crippen LogP contribution in [0.1, 0.15) is 34.9 Å². The van der Waals surface area contributed by atoms with E-state index < -0.39 is 17.8 Å². The number of ether oxygens (including phenoxy) is 1. The van der Waals surface area contributed by atoms with Crippen molar-refractivity contribution in [2.24, 2.45) is 0 Å². The molecule has 0 saturated carbocycles. The smallest absolute Gasteiger partial charge is 0.271 e. The first-order valence-corrected chi connectivity index (χ1v) is 11.6. The Labute approximate surface area is 202 Å². The molecule has 0 bridgehead atoms. The number of aromatic nitrogens is 2. The number of hydrogen-bond acceptors (Lipinski definition) is 5. The molecule has 1 unspecified atom stereocenters. The van der Waals surface area contributed by atoms with Crippen LogP contribution >= 0.6 is 11.6 Å². The molecule has 1 aliphatic rings. The molecule has 0 aliphatic carbocycles. The van der Waals surface area contributed by atoms with E-state index in [-0.39, 0.29) is 30.9 Å². The minimum absolute atomic E-state index is 0.0964. The monoisotopic (exact) mass is 484 g/mol. The summed E-state index contributed by atoms with van der Waals surface area (Å²) in [6.07, 6.45) is 2.02. The van der Waals surface area contributed by atoms with Crippen LogP contribution in [0, 0.1) is 5.82 Å². The second-order valence-electron chi connectivity index (χ2n) is 8.05. The second kappa shape index (κ2) is 11.3. The Hall–Kier alpha value is -3.23. The highest BCUT2D eigenvalue weighted by Crippen LogP contribution is 2.32. The Morgan fingerprint density at radius 3 is 2.59 bits per heavy atom. The molecule has 1 fully saturated rings. The fourth-order valence-corrected chi connectivity index (χ4v) is 4.36. The van der Waals surface area contributed by atoms with Gasteiger partial charge in [-0.05, 0) is 56.3 Å². The van der Waals surface area contributed by atoms with Gasteiger partial charge in [0.1, 0.15) is 23.9 Å². The van der Waals surface area contributed by atoms with Crippen molar-refractivity contribution in [1.82, 2.24) is 20.0 Å². The molecule has 1 aromatic heterocycles. The van der Waals surface area contributed by atoms with Crippen LogP contribution in [-0.2, 0) is 6.54 Å². The van der Waals surface area contributed by atoms with Crippen molar-refractivity contribution in [1.29, 1.82) is 0 Å². The van der Waals surface area contributed by atoms with Gasteiger partial charge in [-0.1, -0.05) is 35.9 Å². The summed E-state index contributed by atoms with van der Waals surface area (Å²) in [4.78, 5) is 27.2. The predicted octanol–water partition coefficient (Wildman–Crippen LogP) is 3.68. The molecule has 4 rings (SSSR count). The van der Waals surface area contributed by atoms with E-state index in [0.29, 0.717) is 16.3 Å². The van der Waals surface area contributed by atoms with Gasteiger partial charge in [-0.3, -0.25) is 14.5 Å². The van der Waals surface area contributed by atoms with Gasteiger partial charge in [-0.25, -0.2) is 9.07 Å². The van der Waals surface area contributed by atoms with E-state index in [2.05, 4.69) is 15.3 Å². The number of rotatable bonds is 9. The van der Waals surface area contributed by atoms with Gasteiger partial charge >= 0.3 is 0 Å². The number of halogens is 2. The molecular weight excluding hydrogens is 459 g/mol. The summed E-state index contributed by atoms with van der Waals surface area (Å²) in [5.41, 5.74) is 0.141. The third kappa shape index (κ3) is 5.81. The third-order valence-corrected chi connectivity index (χ3v) is 6.11. The molecule has 1 saturated heterocycles. The summed E-state index contributed by atoms with van der Waals surface area (Å²) in [6, 6.07) is 16.1. The fraction of sp³-hybridized carbons (Fsp3) is 0.320. The van der Waals surface area contributed by atoms with Gasteiger partial charge in [0.15, 0.2) is 0 Å². The van der Waals surface area contributed by atoms with Crippen LogP contribution in [0.15, 0.2) is 65.5 Å². The van der Waals surface area contributed by atoms with Crippen molar-refractivity contribution in [3.05, 3.63) is 93.1 Å². The molecule has 1 amide bonds. The number of carbonyl (C=O) groups excluding carboxylic acids is 1. The highest BCUT2D eigenvalue weighted by molar-refractivity contribution is 6.31. The third-order valence-electron chi connectivity index (χ3n) is 5.78. The van der Waals surface area contributed by atoms with Gasteiger partial charge in [-0.15, -0.1) is 0 Å². The summed E-state index contributed by atoms with van der Waals surface area (Å²) in [5.74, 6) is -0.165. The van der Waals surface area contributed by atoms with Crippen LogP contribution in [0.2, 0.25) is 5.02 Å². The molecule has 178 valence electrons. The highest BCUT2D eigenvalue weighted by Gasteiger charge is 2.28. The number of nitrogens with zero attached hydrogens (tertiary/aromatic N) is 3. The lowest BCUT2D eigenvalue weighted by atomic mass is 10.0. The van der Waals surface area contributed by atoms with Crippen molar-refractivity contribution >= 4 is 17.5 Å². The normalized spacial score (nSPS) is 14.6. The lowest BCUT2D eigenvalue weighted by Gasteiger charge is -2.29. The number of para-hydroxylation sites is 1. The minimum atomic E-state index is -0.450. The Morgan fingerprint density at radius 1 is 1.09 bits per heavy atom. The van der Waals surface area contributed by atoms with Crippen LogP contribution in [0.5, 0.6) is 5.75 Å². The van der Waals surface area contributed by atoms with E-state index in [0.717, 1.165) is 25.9 Å². The SMILES string of the molecule is O=C(NCC(c1c(F)cccc1Cl)N1CCCC1)c1ccc(=O)n(CCOc2ccccc2)n1. The Bertz CT molecular complexity index is 1160. The molecule has 1 atom stereocenters. The molecule has 1 aliphatic heterocycles. The zero-order chi connectivity index (χ0) is 23.9. The van der Waals surface area contributed by atoms with Crippen molar-refractivity contribution < 1.29 is 13.9 Å². The first-order chi connectivity index (χ1) is 16.5. The molecule has 34 heavy (non-hydrogen) atoms. The predicted molar refractivity (Wildman–Crippen MR) is 128 cm³/mol. The Morgan fingerprint density at radius 2 is 1.85 bits per heavy atom. The topological polar surface area (TPSA) is 76.5 Å². The molecule has 2 aromatic carbocycles. The average Bonchev–Trinajstić information content (AvgIpc) is 3.37. The van der Waals surface area contributed by atoms with E-state index in [4.69, 9.17) is 16.3 Å². The zero-order valence-electron chi connectivity index (χ0n) is 18.6. The van der Waals surface area contributed by atoms with Crippen molar-refractivity contribution in [2.45, 2.75) is 25.4 Å². The summed E-state index contributed by atoms with van der Waals surface area (Å²) in [7, 11) is 0. The first-order valence-electron chi connectivity index (χ1n) is 11.2. The van der Waals surface area contributed by atoms with Gasteiger partial charge in [0.2, 0.25) is 0 Å². The van der Waals surface area contributed by atoms with Crippen LogP contribution < -0.4 is 15.6 Å². The molecule has 2 heterocycles. The summed E-state index contributed by atoms with van der Waals surface area (Å²) in [6.45, 7) is 2.18. The molecular formula is C25H26ClFN4O3. The summed E-state index contributed by atoms with van der Waals surface area (Å²) >= 11 is 6.32. The number of likely N-dealkylation sites (tertiary alicyclic amines) is 1. The Kier molecular flexibility index (Phi) is 7.92. The van der Waals surface area contributed by atoms with Gasteiger partial charge in [0.05, 0.1) is 12.6 Å². The zero-order valence-corrected chi connectivity index (χ0v) is 19.4. The van der Waals surface area contributed by atoms with E-state index >= 15 is 0 Å². The Balaban J connectivity index is 1.43. The van der Waals surface area contributed by atoms with Crippen LogP contribution in [-0.4, -0.2) is 46.8 Å². The largest absolute Gasteiger partial charge is 0.492 e. The van der Waals surface area contributed by atoms with Gasteiger partial charge in [0.25, 0.3) is 11.5 Å². The maximum atomic E-state index is 14.7. The van der Waals surface area contributed by atoms with Gasteiger partial charge in [0, 0.05) is 23.2 Å². The molecule has 1 N–H and O–H groups in total. The lowest BCUT2D eigenvalue weighted by molar-refractivity contribution is 0.0929. The van der Waals surface area contributed by atoms with E-state index in [1.165, 1.54) is 22.9 Å². The summed E-state index contributed by atoms with van der Waals surface area (Å²) in [5, 5.41) is 7.36. The first kappa shape index (κ1) is 23.9. The van der Waals surface area contributed by atoms with E-state index in [9.17, 15) is 14.0 Å². The quantitative estimate of drug-likeness (QED) is 0.501. The van der Waals surface area contributed by atoms with Gasteiger partial charge < -0.3 is 10.1 Å². The number of amides is 1. The lowest BCUT2D eigenvalue weighted by Crippen LogP contribution is -2.38.